The van der Waals surface area contributed by atoms with Crippen molar-refractivity contribution in [3.63, 3.8) is 0 Å². The van der Waals surface area contributed by atoms with Gasteiger partial charge in [0.2, 0.25) is 0 Å². The lowest BCUT2D eigenvalue weighted by Gasteiger charge is -2.44. The standard InChI is InChI=1S/C21H22Cl2N2O/c1-2-3-18-12-24-19-13-26-21(15-6-10-17(23)11-7-15)20(25(18)19)14-4-8-16(22)9-5-14/h4-11,18,20-21H,2-3,12-13H2,1H3/t18-,20+,21-/m1/s1. The van der Waals surface area contributed by atoms with Crippen LogP contribution in [0.25, 0.3) is 0 Å². The number of morpholine rings is 1. The SMILES string of the molecule is CCC[C@@H]1CN=C2CO[C@H](c3ccc(Cl)cc3)[C@H](c3ccc(Cl)cc3)N21. The molecule has 0 bridgehead atoms. The van der Waals surface area contributed by atoms with Crippen molar-refractivity contribution in [3.05, 3.63) is 69.7 Å². The molecular formula is C21H22Cl2N2O. The molecule has 0 amide bonds. The second kappa shape index (κ2) is 7.59. The van der Waals surface area contributed by atoms with Gasteiger partial charge in [-0.3, -0.25) is 4.99 Å². The van der Waals surface area contributed by atoms with Gasteiger partial charge in [-0.15, -0.1) is 0 Å². The number of nitrogens with zero attached hydrogens (tertiary/aromatic N) is 2. The van der Waals surface area contributed by atoms with Crippen molar-refractivity contribution < 1.29 is 4.74 Å². The van der Waals surface area contributed by atoms with Crippen LogP contribution in [-0.4, -0.2) is 29.9 Å². The zero-order valence-electron chi connectivity index (χ0n) is 14.7. The van der Waals surface area contributed by atoms with Crippen LogP contribution in [0.5, 0.6) is 0 Å². The van der Waals surface area contributed by atoms with Crippen LogP contribution in [-0.2, 0) is 4.74 Å². The van der Waals surface area contributed by atoms with Crippen molar-refractivity contribution in [2.45, 2.75) is 38.0 Å². The molecule has 2 aromatic carbocycles. The van der Waals surface area contributed by atoms with Crippen LogP contribution in [0.4, 0.5) is 0 Å². The van der Waals surface area contributed by atoms with E-state index in [1.165, 1.54) is 5.56 Å². The Bertz CT molecular complexity index is 789. The van der Waals surface area contributed by atoms with E-state index in [0.717, 1.165) is 40.8 Å². The summed E-state index contributed by atoms with van der Waals surface area (Å²) >= 11 is 12.2. The first-order valence-electron chi connectivity index (χ1n) is 9.11. The van der Waals surface area contributed by atoms with Gasteiger partial charge in [0.15, 0.2) is 0 Å². The summed E-state index contributed by atoms with van der Waals surface area (Å²) in [4.78, 5) is 7.25. The zero-order chi connectivity index (χ0) is 18.1. The fourth-order valence-corrected chi connectivity index (χ4v) is 4.24. The Morgan fingerprint density at radius 2 is 1.62 bits per heavy atom. The highest BCUT2D eigenvalue weighted by atomic mass is 35.5. The summed E-state index contributed by atoms with van der Waals surface area (Å²) in [6.45, 7) is 3.63. The molecule has 1 fully saturated rings. The molecule has 2 heterocycles. The third kappa shape index (κ3) is 3.36. The van der Waals surface area contributed by atoms with Gasteiger partial charge in [0.05, 0.1) is 18.6 Å². The summed E-state index contributed by atoms with van der Waals surface area (Å²) in [5, 5.41) is 1.48. The van der Waals surface area contributed by atoms with Gasteiger partial charge in [-0.25, -0.2) is 0 Å². The molecule has 0 radical (unpaired) electrons. The highest BCUT2D eigenvalue weighted by Crippen LogP contribution is 2.43. The van der Waals surface area contributed by atoms with Crippen LogP contribution >= 0.6 is 23.2 Å². The van der Waals surface area contributed by atoms with Crippen LogP contribution in [0.15, 0.2) is 53.5 Å². The number of halogens is 2. The minimum Gasteiger partial charge on any atom is -0.363 e. The first kappa shape index (κ1) is 17.8. The van der Waals surface area contributed by atoms with Crippen LogP contribution in [0.3, 0.4) is 0 Å². The average Bonchev–Trinajstić information content (AvgIpc) is 3.06. The number of aliphatic imine (C=N–C) groups is 1. The zero-order valence-corrected chi connectivity index (χ0v) is 16.2. The van der Waals surface area contributed by atoms with E-state index in [0.29, 0.717) is 12.6 Å². The largest absolute Gasteiger partial charge is 0.363 e. The Balaban J connectivity index is 1.76. The van der Waals surface area contributed by atoms with Gasteiger partial charge in [0, 0.05) is 10.0 Å². The Kier molecular flexibility index (Phi) is 5.21. The number of rotatable bonds is 4. The van der Waals surface area contributed by atoms with Gasteiger partial charge in [-0.1, -0.05) is 60.8 Å². The molecule has 0 unspecified atom stereocenters. The molecule has 2 aromatic rings. The molecule has 5 heteroatoms. The van der Waals surface area contributed by atoms with Crippen LogP contribution in [0, 0.1) is 0 Å². The van der Waals surface area contributed by atoms with Crippen molar-refractivity contribution in [2.75, 3.05) is 13.2 Å². The first-order valence-corrected chi connectivity index (χ1v) is 9.87. The third-order valence-electron chi connectivity index (χ3n) is 5.19. The maximum atomic E-state index is 6.29. The Morgan fingerprint density at radius 1 is 1.00 bits per heavy atom. The normalized spacial score (nSPS) is 25.1. The maximum Gasteiger partial charge on any atom is 0.126 e. The average molecular weight is 389 g/mol. The predicted molar refractivity (Wildman–Crippen MR) is 107 cm³/mol. The van der Waals surface area contributed by atoms with Crippen molar-refractivity contribution in [1.82, 2.24) is 4.90 Å². The van der Waals surface area contributed by atoms with Crippen molar-refractivity contribution in [2.24, 2.45) is 4.99 Å². The molecule has 0 N–H and O–H groups in total. The lowest BCUT2D eigenvalue weighted by molar-refractivity contribution is -0.0189. The summed E-state index contributed by atoms with van der Waals surface area (Å²) in [7, 11) is 0. The van der Waals surface area contributed by atoms with E-state index in [1.807, 2.05) is 24.3 Å². The smallest absolute Gasteiger partial charge is 0.126 e. The number of benzene rings is 2. The molecular weight excluding hydrogens is 367 g/mol. The van der Waals surface area contributed by atoms with E-state index in [9.17, 15) is 0 Å². The van der Waals surface area contributed by atoms with Gasteiger partial charge in [-0.05, 0) is 41.8 Å². The van der Waals surface area contributed by atoms with Gasteiger partial charge in [0.25, 0.3) is 0 Å². The Morgan fingerprint density at radius 3 is 2.23 bits per heavy atom. The highest BCUT2D eigenvalue weighted by molar-refractivity contribution is 6.30. The van der Waals surface area contributed by atoms with Crippen molar-refractivity contribution in [3.8, 4) is 0 Å². The van der Waals surface area contributed by atoms with Gasteiger partial charge in [0.1, 0.15) is 18.5 Å². The van der Waals surface area contributed by atoms with Crippen LogP contribution < -0.4 is 0 Å². The molecule has 3 atom stereocenters. The number of hydrogen-bond acceptors (Lipinski definition) is 3. The summed E-state index contributed by atoms with van der Waals surface area (Å²) in [5.74, 6) is 1.06. The number of ether oxygens (including phenoxy) is 1. The lowest BCUT2D eigenvalue weighted by Crippen LogP contribution is -2.48. The van der Waals surface area contributed by atoms with Gasteiger partial charge < -0.3 is 9.64 Å². The van der Waals surface area contributed by atoms with Crippen molar-refractivity contribution in [1.29, 1.82) is 0 Å². The van der Waals surface area contributed by atoms with Gasteiger partial charge in [-0.2, -0.15) is 0 Å². The molecule has 3 nitrogen and oxygen atoms in total. The Labute approximate surface area is 164 Å². The van der Waals surface area contributed by atoms with Gasteiger partial charge >= 0.3 is 0 Å². The molecule has 0 aliphatic carbocycles. The van der Waals surface area contributed by atoms with Crippen LogP contribution in [0.1, 0.15) is 43.0 Å². The molecule has 1 saturated heterocycles. The topological polar surface area (TPSA) is 24.8 Å². The summed E-state index contributed by atoms with van der Waals surface area (Å²) in [6.07, 6.45) is 2.21. The maximum absolute atomic E-state index is 6.29. The molecule has 2 aliphatic heterocycles. The quantitative estimate of drug-likeness (QED) is 0.671. The highest BCUT2D eigenvalue weighted by Gasteiger charge is 2.42. The fourth-order valence-electron chi connectivity index (χ4n) is 3.99. The molecule has 0 saturated carbocycles. The first-order chi connectivity index (χ1) is 12.7. The number of hydrogen-bond donors (Lipinski definition) is 0. The van der Waals surface area contributed by atoms with E-state index >= 15 is 0 Å². The van der Waals surface area contributed by atoms with Crippen molar-refractivity contribution >= 4 is 29.0 Å². The molecule has 136 valence electrons. The van der Waals surface area contributed by atoms with E-state index in [-0.39, 0.29) is 12.1 Å². The molecule has 4 rings (SSSR count). The molecule has 0 aromatic heterocycles. The second-order valence-corrected chi connectivity index (χ2v) is 7.76. The monoisotopic (exact) mass is 388 g/mol. The number of amidine groups is 1. The summed E-state index contributed by atoms with van der Waals surface area (Å²) in [5.41, 5.74) is 2.33. The van der Waals surface area contributed by atoms with E-state index in [2.05, 4.69) is 36.1 Å². The van der Waals surface area contributed by atoms with Crippen LogP contribution in [0.2, 0.25) is 10.0 Å². The summed E-state index contributed by atoms with van der Waals surface area (Å²) in [6, 6.07) is 16.6. The number of fused-ring (bicyclic) bond motifs is 1. The lowest BCUT2D eigenvalue weighted by atomic mass is 9.91. The van der Waals surface area contributed by atoms with E-state index < -0.39 is 0 Å². The predicted octanol–water partition coefficient (Wildman–Crippen LogP) is 5.69. The minimum absolute atomic E-state index is 0.0650. The fraction of sp³-hybridized carbons (Fsp3) is 0.381. The minimum atomic E-state index is -0.0650. The Hall–Kier alpha value is -1.55. The molecule has 0 spiro atoms. The molecule has 26 heavy (non-hydrogen) atoms. The summed E-state index contributed by atoms with van der Waals surface area (Å²) < 4.78 is 6.29. The van der Waals surface area contributed by atoms with E-state index in [4.69, 9.17) is 32.9 Å². The third-order valence-corrected chi connectivity index (χ3v) is 5.69. The molecule has 2 aliphatic rings. The van der Waals surface area contributed by atoms with E-state index in [1.54, 1.807) is 0 Å². The second-order valence-electron chi connectivity index (χ2n) is 6.89.